The van der Waals surface area contributed by atoms with Crippen molar-refractivity contribution in [3.8, 4) is 23.1 Å². The van der Waals surface area contributed by atoms with Gasteiger partial charge in [0, 0.05) is 43.5 Å². The number of pyridine rings is 1. The Morgan fingerprint density at radius 2 is 1.95 bits per heavy atom. The first kappa shape index (κ1) is 29.5. The predicted molar refractivity (Wildman–Crippen MR) is 154 cm³/mol. The molecule has 0 amide bonds. The standard InChI is InChI=1S/C29H31ClF4N6O4/c1-13-9-40-15(10-42-13)3-4-16(40)11-43-28-37-25-21-26(38-28)39(2)19-5-6-41-12-20(19)44-27(21)36-24(23(25)31)17-7-14(35)8-18(30)22(17)29(32,33)34/h7-8,13,15-16,19-20H,3-6,9-12,35H2,1-2H3/t13?,15-,16-,19-,20-/m0/s1. The van der Waals surface area contributed by atoms with Crippen LogP contribution >= 0.6 is 11.6 Å². The summed E-state index contributed by atoms with van der Waals surface area (Å²) in [5.41, 5.74) is 2.95. The van der Waals surface area contributed by atoms with Gasteiger partial charge in [0.05, 0.1) is 35.9 Å². The molecule has 0 bridgehead atoms. The van der Waals surface area contributed by atoms with Crippen LogP contribution in [0.3, 0.4) is 0 Å². The molecule has 44 heavy (non-hydrogen) atoms. The zero-order valence-electron chi connectivity index (χ0n) is 24.0. The highest BCUT2D eigenvalue weighted by atomic mass is 35.5. The molecular formula is C29H31ClF4N6O4. The second-order valence-electron chi connectivity index (χ2n) is 11.8. The molecule has 4 aliphatic rings. The van der Waals surface area contributed by atoms with E-state index >= 15 is 4.39 Å². The Bertz CT molecular complexity index is 1610. The van der Waals surface area contributed by atoms with Gasteiger partial charge in [0.2, 0.25) is 5.88 Å². The van der Waals surface area contributed by atoms with Gasteiger partial charge < -0.3 is 29.6 Å². The number of ether oxygens (including phenoxy) is 4. The minimum atomic E-state index is -4.93. The molecule has 7 rings (SSSR count). The molecule has 4 aliphatic heterocycles. The number of halogens is 5. The van der Waals surface area contributed by atoms with Crippen molar-refractivity contribution < 1.29 is 36.5 Å². The quantitative estimate of drug-likeness (QED) is 0.319. The molecule has 3 aromatic rings. The highest BCUT2D eigenvalue weighted by Gasteiger charge is 2.42. The molecule has 1 unspecified atom stereocenters. The molecule has 6 heterocycles. The Labute approximate surface area is 255 Å². The molecule has 3 fully saturated rings. The second kappa shape index (κ2) is 11.0. The van der Waals surface area contributed by atoms with Gasteiger partial charge in [-0.3, -0.25) is 4.90 Å². The zero-order valence-corrected chi connectivity index (χ0v) is 24.8. The first-order valence-electron chi connectivity index (χ1n) is 14.5. The highest BCUT2D eigenvalue weighted by molar-refractivity contribution is 6.32. The summed E-state index contributed by atoms with van der Waals surface area (Å²) >= 11 is 6.01. The van der Waals surface area contributed by atoms with Crippen molar-refractivity contribution in [1.29, 1.82) is 0 Å². The summed E-state index contributed by atoms with van der Waals surface area (Å²) < 4.78 is 83.0. The van der Waals surface area contributed by atoms with E-state index in [9.17, 15) is 13.2 Å². The SMILES string of the molecule is CC1CN2[C@H](COc3nc4c5c(nc(-c6cc(N)cc(Cl)c6C(F)(F)F)c(F)c5n3)O[C@H]3COCC[C@@H]3N4C)CC[C@H]2CO1. The van der Waals surface area contributed by atoms with E-state index in [-0.39, 0.29) is 59.9 Å². The van der Waals surface area contributed by atoms with Crippen LogP contribution in [0.2, 0.25) is 5.02 Å². The fraction of sp³-hybridized carbons (Fsp3) is 0.552. The lowest BCUT2D eigenvalue weighted by Gasteiger charge is -2.37. The number of nitrogen functional groups attached to an aromatic ring is 1. The minimum absolute atomic E-state index is 0.0860. The number of rotatable bonds is 4. The summed E-state index contributed by atoms with van der Waals surface area (Å²) in [5.74, 6) is -0.917. The van der Waals surface area contributed by atoms with E-state index in [1.54, 1.807) is 7.05 Å². The number of aromatic nitrogens is 3. The van der Waals surface area contributed by atoms with E-state index < -0.39 is 39.9 Å². The van der Waals surface area contributed by atoms with Crippen LogP contribution in [0.25, 0.3) is 22.2 Å². The Balaban J connectivity index is 1.36. The molecule has 2 aromatic heterocycles. The number of benzene rings is 1. The number of hydrogen-bond donors (Lipinski definition) is 1. The Kier molecular flexibility index (Phi) is 7.38. The maximum Gasteiger partial charge on any atom is 0.418 e. The predicted octanol–water partition coefficient (Wildman–Crippen LogP) is 4.70. The van der Waals surface area contributed by atoms with Gasteiger partial charge in [-0.25, -0.2) is 9.37 Å². The van der Waals surface area contributed by atoms with Crippen molar-refractivity contribution in [2.24, 2.45) is 0 Å². The van der Waals surface area contributed by atoms with Crippen LogP contribution in [0.4, 0.5) is 29.1 Å². The largest absolute Gasteiger partial charge is 0.469 e. The molecule has 0 radical (unpaired) electrons. The summed E-state index contributed by atoms with van der Waals surface area (Å²) in [6.45, 7) is 4.37. The second-order valence-corrected chi connectivity index (χ2v) is 12.2. The lowest BCUT2D eigenvalue weighted by molar-refractivity contribution is -0.137. The Morgan fingerprint density at radius 1 is 1.14 bits per heavy atom. The summed E-state index contributed by atoms with van der Waals surface area (Å²) in [6.07, 6.45) is -2.95. The number of nitrogens with two attached hydrogens (primary N) is 1. The lowest BCUT2D eigenvalue weighted by atomic mass is 10.0. The van der Waals surface area contributed by atoms with E-state index in [0.717, 1.165) is 31.5 Å². The maximum absolute atomic E-state index is 16.5. The molecule has 0 saturated carbocycles. The van der Waals surface area contributed by atoms with Gasteiger partial charge >= 0.3 is 12.2 Å². The molecule has 5 atom stereocenters. The molecule has 10 nitrogen and oxygen atoms in total. The van der Waals surface area contributed by atoms with Crippen molar-refractivity contribution in [3.63, 3.8) is 0 Å². The van der Waals surface area contributed by atoms with E-state index in [4.69, 9.17) is 36.3 Å². The van der Waals surface area contributed by atoms with Crippen molar-refractivity contribution >= 4 is 34.0 Å². The van der Waals surface area contributed by atoms with E-state index in [2.05, 4.69) is 19.9 Å². The molecular weight excluding hydrogens is 608 g/mol. The summed E-state index contributed by atoms with van der Waals surface area (Å²) in [4.78, 5) is 17.6. The van der Waals surface area contributed by atoms with Crippen LogP contribution in [0.1, 0.15) is 31.7 Å². The first-order chi connectivity index (χ1) is 21.0. The van der Waals surface area contributed by atoms with Gasteiger partial charge in [0.25, 0.3) is 0 Å². The van der Waals surface area contributed by atoms with E-state index in [0.29, 0.717) is 31.5 Å². The van der Waals surface area contributed by atoms with Gasteiger partial charge in [-0.2, -0.15) is 23.1 Å². The normalized spacial score (nSPS) is 27.1. The number of alkyl halides is 3. The van der Waals surface area contributed by atoms with Gasteiger partial charge in [-0.15, -0.1) is 0 Å². The number of likely N-dealkylation sites (N-methyl/N-ethyl adjacent to an activating group) is 1. The highest BCUT2D eigenvalue weighted by Crippen LogP contribution is 2.46. The third-order valence-corrected chi connectivity index (χ3v) is 9.24. The van der Waals surface area contributed by atoms with Crippen LogP contribution in [0.5, 0.6) is 11.9 Å². The minimum Gasteiger partial charge on any atom is -0.469 e. The van der Waals surface area contributed by atoms with Gasteiger partial charge in [-0.1, -0.05) is 11.6 Å². The number of hydrogen-bond acceptors (Lipinski definition) is 10. The first-order valence-corrected chi connectivity index (χ1v) is 14.9. The molecule has 15 heteroatoms. The van der Waals surface area contributed by atoms with Crippen LogP contribution in [0.15, 0.2) is 12.1 Å². The molecule has 2 N–H and O–H groups in total. The maximum atomic E-state index is 16.5. The topological polar surface area (TPSA) is 108 Å². The average molecular weight is 639 g/mol. The number of anilines is 2. The third kappa shape index (κ3) is 5.05. The molecule has 0 aliphatic carbocycles. The summed E-state index contributed by atoms with van der Waals surface area (Å²) in [7, 11) is 1.80. The van der Waals surface area contributed by atoms with Crippen LogP contribution in [-0.4, -0.2) is 90.2 Å². The zero-order chi connectivity index (χ0) is 30.9. The number of nitrogens with zero attached hydrogens (tertiary/aromatic N) is 5. The number of morpholine rings is 1. The fourth-order valence-electron chi connectivity index (χ4n) is 6.81. The number of fused-ring (bicyclic) bond motifs is 2. The molecule has 1 aromatic carbocycles. The summed E-state index contributed by atoms with van der Waals surface area (Å²) in [6, 6.07) is 2.02. The van der Waals surface area contributed by atoms with Gasteiger partial charge in [0.15, 0.2) is 5.82 Å². The van der Waals surface area contributed by atoms with Crippen molar-refractivity contribution in [1.82, 2.24) is 19.9 Å². The Hall–Kier alpha value is -3.20. The third-order valence-electron chi connectivity index (χ3n) is 8.94. The van der Waals surface area contributed by atoms with E-state index in [1.165, 1.54) is 0 Å². The fourth-order valence-corrected chi connectivity index (χ4v) is 7.15. The lowest BCUT2D eigenvalue weighted by Crippen LogP contribution is -2.50. The average Bonchev–Trinajstić information content (AvgIpc) is 3.32. The van der Waals surface area contributed by atoms with E-state index in [1.807, 2.05) is 11.8 Å². The van der Waals surface area contributed by atoms with Gasteiger partial charge in [0.1, 0.15) is 35.1 Å². The van der Waals surface area contributed by atoms with Crippen LogP contribution in [-0.2, 0) is 15.7 Å². The molecule has 236 valence electrons. The van der Waals surface area contributed by atoms with Crippen molar-refractivity contribution in [3.05, 3.63) is 28.5 Å². The van der Waals surface area contributed by atoms with Crippen LogP contribution < -0.4 is 20.1 Å². The van der Waals surface area contributed by atoms with Crippen molar-refractivity contribution in [2.75, 3.05) is 50.7 Å². The van der Waals surface area contributed by atoms with Gasteiger partial charge in [-0.05, 0) is 38.3 Å². The monoisotopic (exact) mass is 638 g/mol. The summed E-state index contributed by atoms with van der Waals surface area (Å²) in [5, 5.41) is -0.553. The molecule has 3 saturated heterocycles. The van der Waals surface area contributed by atoms with Crippen molar-refractivity contribution in [2.45, 2.75) is 62.7 Å². The molecule has 0 spiro atoms. The van der Waals surface area contributed by atoms with Crippen LogP contribution in [0, 0.1) is 5.82 Å². The Morgan fingerprint density at radius 3 is 2.75 bits per heavy atom. The smallest absolute Gasteiger partial charge is 0.418 e.